The lowest BCUT2D eigenvalue weighted by molar-refractivity contribution is 0.202. The molecule has 0 aromatic rings. The molecule has 104 valence electrons. The zero-order valence-corrected chi connectivity index (χ0v) is 12.7. The molecule has 0 aromatic carbocycles. The van der Waals surface area contributed by atoms with Gasteiger partial charge in [-0.05, 0) is 11.8 Å². The molecule has 17 heavy (non-hydrogen) atoms. The van der Waals surface area contributed by atoms with Gasteiger partial charge in [0.2, 0.25) is 0 Å². The molecule has 0 aliphatic carbocycles. The van der Waals surface area contributed by atoms with Crippen LogP contribution in [0, 0.1) is 11.8 Å². The van der Waals surface area contributed by atoms with Crippen molar-refractivity contribution in [1.82, 2.24) is 15.1 Å². The summed E-state index contributed by atoms with van der Waals surface area (Å²) in [6.07, 6.45) is 0. The lowest BCUT2D eigenvalue weighted by Gasteiger charge is -2.29. The van der Waals surface area contributed by atoms with Crippen LogP contribution in [0.15, 0.2) is 0 Å². The van der Waals surface area contributed by atoms with E-state index in [-0.39, 0.29) is 24.8 Å². The molecule has 0 amide bonds. The number of nitrogens with one attached hydrogen (secondary N) is 1. The van der Waals surface area contributed by atoms with Gasteiger partial charge in [0, 0.05) is 52.4 Å². The molecule has 0 spiro atoms. The molecule has 0 radical (unpaired) electrons. The van der Waals surface area contributed by atoms with Gasteiger partial charge in [0.15, 0.2) is 0 Å². The average molecular weight is 284 g/mol. The van der Waals surface area contributed by atoms with Crippen LogP contribution in [-0.2, 0) is 0 Å². The van der Waals surface area contributed by atoms with Crippen LogP contribution in [-0.4, -0.2) is 62.2 Å². The molecule has 2 aliphatic rings. The van der Waals surface area contributed by atoms with E-state index in [1.54, 1.807) is 0 Å². The van der Waals surface area contributed by atoms with E-state index in [0.29, 0.717) is 0 Å². The molecule has 2 atom stereocenters. The maximum Gasteiger partial charge on any atom is 0.0110 e. The maximum absolute atomic E-state index is 3.40. The van der Waals surface area contributed by atoms with E-state index in [4.69, 9.17) is 0 Å². The van der Waals surface area contributed by atoms with Crippen molar-refractivity contribution in [3.05, 3.63) is 0 Å². The first-order valence-electron chi connectivity index (χ1n) is 6.41. The fourth-order valence-electron chi connectivity index (χ4n) is 2.65. The molecular formula is C12H27Cl2N3. The van der Waals surface area contributed by atoms with Gasteiger partial charge in [-0.3, -0.25) is 4.90 Å². The second-order valence-electron chi connectivity index (χ2n) is 5.31. The molecule has 2 aliphatic heterocycles. The third-order valence-electron chi connectivity index (χ3n) is 4.01. The van der Waals surface area contributed by atoms with Gasteiger partial charge < -0.3 is 10.2 Å². The number of likely N-dealkylation sites (tertiary alicyclic amines) is 1. The highest BCUT2D eigenvalue weighted by Gasteiger charge is 2.25. The highest BCUT2D eigenvalue weighted by molar-refractivity contribution is 5.85. The fourth-order valence-corrected chi connectivity index (χ4v) is 2.65. The number of rotatable bonds is 3. The topological polar surface area (TPSA) is 18.5 Å². The molecule has 2 rings (SSSR count). The molecule has 0 saturated carbocycles. The summed E-state index contributed by atoms with van der Waals surface area (Å²) in [5, 5.41) is 3.40. The van der Waals surface area contributed by atoms with Crippen molar-refractivity contribution in [2.24, 2.45) is 11.8 Å². The zero-order valence-electron chi connectivity index (χ0n) is 11.0. The van der Waals surface area contributed by atoms with Crippen LogP contribution in [0.2, 0.25) is 0 Å². The van der Waals surface area contributed by atoms with Gasteiger partial charge >= 0.3 is 0 Å². The molecule has 0 bridgehead atoms. The van der Waals surface area contributed by atoms with Crippen molar-refractivity contribution in [2.75, 3.05) is 52.4 Å². The Morgan fingerprint density at radius 2 is 1.35 bits per heavy atom. The molecule has 0 aromatic heterocycles. The predicted molar refractivity (Wildman–Crippen MR) is 78.6 cm³/mol. The normalized spacial score (nSPS) is 30.7. The van der Waals surface area contributed by atoms with E-state index in [9.17, 15) is 0 Å². The first kappa shape index (κ1) is 17.5. The van der Waals surface area contributed by atoms with E-state index < -0.39 is 0 Å². The van der Waals surface area contributed by atoms with E-state index in [0.717, 1.165) is 11.8 Å². The van der Waals surface area contributed by atoms with Gasteiger partial charge in [-0.1, -0.05) is 13.8 Å². The Balaban J connectivity index is 0.00000128. The minimum Gasteiger partial charge on any atom is -0.314 e. The summed E-state index contributed by atoms with van der Waals surface area (Å²) in [6, 6.07) is 0. The van der Waals surface area contributed by atoms with Crippen molar-refractivity contribution in [1.29, 1.82) is 0 Å². The highest BCUT2D eigenvalue weighted by atomic mass is 35.5. The van der Waals surface area contributed by atoms with Gasteiger partial charge in [-0.2, -0.15) is 0 Å². The third kappa shape index (κ3) is 5.31. The van der Waals surface area contributed by atoms with Gasteiger partial charge in [0.05, 0.1) is 0 Å². The second kappa shape index (κ2) is 8.54. The first-order chi connectivity index (χ1) is 7.25. The quantitative estimate of drug-likeness (QED) is 0.843. The van der Waals surface area contributed by atoms with Crippen molar-refractivity contribution in [3.8, 4) is 0 Å². The predicted octanol–water partition coefficient (Wildman–Crippen LogP) is 1.32. The lowest BCUT2D eigenvalue weighted by Crippen LogP contribution is -2.46. The Bertz CT molecular complexity index is 188. The molecule has 2 unspecified atom stereocenters. The Morgan fingerprint density at radius 1 is 0.882 bits per heavy atom. The summed E-state index contributed by atoms with van der Waals surface area (Å²) < 4.78 is 0. The zero-order chi connectivity index (χ0) is 10.7. The Morgan fingerprint density at radius 3 is 1.88 bits per heavy atom. The molecule has 1 N–H and O–H groups in total. The van der Waals surface area contributed by atoms with Crippen LogP contribution in [0.25, 0.3) is 0 Å². The van der Waals surface area contributed by atoms with E-state index in [1.807, 2.05) is 0 Å². The maximum atomic E-state index is 3.40. The Hall–Kier alpha value is 0.460. The van der Waals surface area contributed by atoms with E-state index >= 15 is 0 Å². The van der Waals surface area contributed by atoms with E-state index in [1.165, 1.54) is 52.4 Å². The second-order valence-corrected chi connectivity index (χ2v) is 5.31. The summed E-state index contributed by atoms with van der Waals surface area (Å²) in [4.78, 5) is 5.22. The van der Waals surface area contributed by atoms with Crippen molar-refractivity contribution >= 4 is 24.8 Å². The smallest absolute Gasteiger partial charge is 0.0110 e. The Kier molecular flexibility index (Phi) is 8.77. The molecule has 2 heterocycles. The minimum atomic E-state index is 0. The fraction of sp³-hybridized carbons (Fsp3) is 1.00. The standard InChI is InChI=1S/C12H25N3.2ClH/c1-11-9-15(10-12(11)2)8-7-14-5-3-13-4-6-14;;/h11-13H,3-10H2,1-2H3;2*1H. The van der Waals surface area contributed by atoms with Crippen molar-refractivity contribution < 1.29 is 0 Å². The molecule has 3 nitrogen and oxygen atoms in total. The third-order valence-corrected chi connectivity index (χ3v) is 4.01. The number of hydrogen-bond donors (Lipinski definition) is 1. The average Bonchev–Trinajstić information content (AvgIpc) is 2.57. The highest BCUT2D eigenvalue weighted by Crippen LogP contribution is 2.21. The van der Waals surface area contributed by atoms with Crippen LogP contribution in [0.1, 0.15) is 13.8 Å². The van der Waals surface area contributed by atoms with Crippen LogP contribution < -0.4 is 5.32 Å². The molecule has 5 heteroatoms. The van der Waals surface area contributed by atoms with Crippen LogP contribution in [0.4, 0.5) is 0 Å². The van der Waals surface area contributed by atoms with Gasteiger partial charge in [0.1, 0.15) is 0 Å². The van der Waals surface area contributed by atoms with Crippen molar-refractivity contribution in [3.63, 3.8) is 0 Å². The number of hydrogen-bond acceptors (Lipinski definition) is 3. The van der Waals surface area contributed by atoms with Crippen LogP contribution >= 0.6 is 24.8 Å². The van der Waals surface area contributed by atoms with Gasteiger partial charge in [-0.25, -0.2) is 0 Å². The van der Waals surface area contributed by atoms with E-state index in [2.05, 4.69) is 29.0 Å². The molecular weight excluding hydrogens is 257 g/mol. The number of piperazine rings is 1. The number of halogens is 2. The minimum absolute atomic E-state index is 0. The summed E-state index contributed by atoms with van der Waals surface area (Å²) in [7, 11) is 0. The molecule has 2 saturated heterocycles. The first-order valence-corrected chi connectivity index (χ1v) is 6.41. The SMILES string of the molecule is CC1CN(CCN2CCNCC2)CC1C.Cl.Cl. The van der Waals surface area contributed by atoms with Gasteiger partial charge in [-0.15, -0.1) is 24.8 Å². The summed E-state index contributed by atoms with van der Waals surface area (Å²) >= 11 is 0. The lowest BCUT2D eigenvalue weighted by atomic mass is 10.0. The Labute approximate surface area is 118 Å². The van der Waals surface area contributed by atoms with Crippen molar-refractivity contribution in [2.45, 2.75) is 13.8 Å². The summed E-state index contributed by atoms with van der Waals surface area (Å²) in [5.74, 6) is 1.79. The summed E-state index contributed by atoms with van der Waals surface area (Å²) in [6.45, 7) is 14.7. The molecule has 2 fully saturated rings. The van der Waals surface area contributed by atoms with Crippen LogP contribution in [0.5, 0.6) is 0 Å². The monoisotopic (exact) mass is 283 g/mol. The van der Waals surface area contributed by atoms with Gasteiger partial charge in [0.25, 0.3) is 0 Å². The van der Waals surface area contributed by atoms with Crippen LogP contribution in [0.3, 0.4) is 0 Å². The number of nitrogens with zero attached hydrogens (tertiary/aromatic N) is 2. The summed E-state index contributed by atoms with van der Waals surface area (Å²) in [5.41, 5.74) is 0. The largest absolute Gasteiger partial charge is 0.314 e.